The first kappa shape index (κ1) is 44.4. The maximum Gasteiger partial charge on any atom is 0.337 e. The first-order valence-corrected chi connectivity index (χ1v) is 20.1. The van der Waals surface area contributed by atoms with Gasteiger partial charge in [-0.25, -0.2) is 4.79 Å². The van der Waals surface area contributed by atoms with E-state index in [1.165, 1.54) is 33.4 Å². The van der Waals surface area contributed by atoms with Gasteiger partial charge in [-0.15, -0.1) is 11.6 Å². The molecule has 0 aromatic heterocycles. The van der Waals surface area contributed by atoms with Gasteiger partial charge in [0.15, 0.2) is 5.60 Å². The molecule has 1 aromatic rings. The lowest BCUT2D eigenvalue weighted by atomic mass is 9.70. The summed E-state index contributed by atoms with van der Waals surface area (Å²) in [6, 6.07) is 4.56. The van der Waals surface area contributed by atoms with Crippen molar-refractivity contribution in [1.82, 2.24) is 0 Å². The van der Waals surface area contributed by atoms with E-state index in [0.29, 0.717) is 31.2 Å². The number of benzene rings is 1. The van der Waals surface area contributed by atoms with Crippen molar-refractivity contribution in [3.63, 3.8) is 0 Å². The van der Waals surface area contributed by atoms with E-state index in [4.69, 9.17) is 45.8 Å². The first-order valence-electron chi connectivity index (χ1n) is 19.6. The zero-order valence-corrected chi connectivity index (χ0v) is 34.9. The molecule has 304 valence electrons. The predicted octanol–water partition coefficient (Wildman–Crippen LogP) is 7.69. The summed E-state index contributed by atoms with van der Waals surface area (Å²) in [5.74, 6) is -0.863. The van der Waals surface area contributed by atoms with Gasteiger partial charge in [0.25, 0.3) is 0 Å². The van der Waals surface area contributed by atoms with E-state index in [1.54, 1.807) is 55.4 Å². The van der Waals surface area contributed by atoms with Crippen LogP contribution in [0.2, 0.25) is 0 Å². The molecule has 3 aliphatic carbocycles. The Bertz CT molecular complexity index is 1650. The van der Waals surface area contributed by atoms with Crippen LogP contribution in [0.4, 0.5) is 0 Å². The van der Waals surface area contributed by atoms with Crippen molar-refractivity contribution < 1.29 is 42.8 Å². The first-order chi connectivity index (χ1) is 25.9. The number of alkyl halides is 1. The Balaban J connectivity index is 1.16. The zero-order chi connectivity index (χ0) is 40.4. The van der Waals surface area contributed by atoms with Gasteiger partial charge < -0.3 is 34.2 Å². The van der Waals surface area contributed by atoms with Gasteiger partial charge in [0.1, 0.15) is 18.2 Å². The summed E-state index contributed by atoms with van der Waals surface area (Å²) in [6.45, 7) is 14.3. The highest BCUT2D eigenvalue weighted by Gasteiger charge is 2.47. The fourth-order valence-electron chi connectivity index (χ4n) is 6.62. The number of hydrogen-bond acceptors (Lipinski definition) is 10. The molecule has 10 nitrogen and oxygen atoms in total. The highest BCUT2D eigenvalue weighted by atomic mass is 35.5. The van der Waals surface area contributed by atoms with Gasteiger partial charge in [-0.1, -0.05) is 48.6 Å². The lowest BCUT2D eigenvalue weighted by molar-refractivity contribution is -0.184. The Hall–Kier alpha value is -3.28. The van der Waals surface area contributed by atoms with Crippen molar-refractivity contribution in [2.75, 3.05) is 45.5 Å². The second kappa shape index (κ2) is 19.2. The fourth-order valence-corrected chi connectivity index (χ4v) is 6.73. The minimum atomic E-state index is -1.27. The van der Waals surface area contributed by atoms with E-state index in [-0.39, 0.29) is 33.0 Å². The molecule has 0 amide bonds. The number of rotatable bonds is 23. The van der Waals surface area contributed by atoms with Crippen LogP contribution in [0, 0.1) is 10.8 Å². The maximum absolute atomic E-state index is 13.4. The lowest BCUT2D eigenvalue weighted by Gasteiger charge is -2.40. The maximum atomic E-state index is 13.4. The molecule has 2 N–H and O–H groups in total. The molecule has 55 heavy (non-hydrogen) atoms. The molecule has 0 saturated carbocycles. The third kappa shape index (κ3) is 11.2. The van der Waals surface area contributed by atoms with Crippen molar-refractivity contribution in [3.05, 3.63) is 75.9 Å². The van der Waals surface area contributed by atoms with Crippen LogP contribution in [0.3, 0.4) is 0 Å². The van der Waals surface area contributed by atoms with E-state index in [9.17, 15) is 14.4 Å². The molecule has 0 bridgehead atoms. The topological polar surface area (TPSA) is 133 Å². The number of nitrogens with two attached hydrogens (primary N) is 1. The molecule has 3 aliphatic rings. The van der Waals surface area contributed by atoms with E-state index in [2.05, 4.69) is 48.6 Å². The molecule has 11 heteroatoms. The highest BCUT2D eigenvalue weighted by molar-refractivity contribution is 6.17. The monoisotopic (exact) mass is 783 g/mol. The summed E-state index contributed by atoms with van der Waals surface area (Å²) < 4.78 is 34.2. The van der Waals surface area contributed by atoms with Crippen LogP contribution < -0.4 is 5.73 Å². The van der Waals surface area contributed by atoms with E-state index in [0.717, 1.165) is 25.7 Å². The summed E-state index contributed by atoms with van der Waals surface area (Å²) in [5.41, 5.74) is 9.67. The van der Waals surface area contributed by atoms with E-state index >= 15 is 0 Å². The minimum absolute atomic E-state index is 0.0938. The second-order valence-corrected chi connectivity index (χ2v) is 16.9. The number of carbonyl (C=O) groups excluding carboxylic acids is 3. The Morgan fingerprint density at radius 2 is 1.51 bits per heavy atom. The van der Waals surface area contributed by atoms with Crippen molar-refractivity contribution in [1.29, 1.82) is 0 Å². The Kier molecular flexibility index (Phi) is 15.5. The standard InChI is InChI=1S/C44H62ClNO9/c1-30(46)52-28-44(8,40(49)51-24-12-23-45)29-53-38(47)41(2,3)43(6,7)55-27-13-25-50-39(48)42(4,5)54-26-10-9-14-31-17-18-34-20-19-32-15-11-16-33-21-22-35(31)37(34)36(32)33/h11,15-19,21-22,30,36H,9-10,12-14,20,23-29,46H2,1-8H3. The molecule has 0 aliphatic heterocycles. The van der Waals surface area contributed by atoms with Crippen molar-refractivity contribution in [3.8, 4) is 0 Å². The number of carbonyl (C=O) groups is 3. The van der Waals surface area contributed by atoms with Crippen LogP contribution in [-0.4, -0.2) is 80.9 Å². The van der Waals surface area contributed by atoms with Crippen LogP contribution in [0.15, 0.2) is 53.7 Å². The van der Waals surface area contributed by atoms with Crippen LogP contribution >= 0.6 is 11.6 Å². The number of ether oxygens (including phenoxy) is 6. The van der Waals surface area contributed by atoms with Crippen molar-refractivity contribution in [2.24, 2.45) is 16.6 Å². The van der Waals surface area contributed by atoms with E-state index < -0.39 is 46.2 Å². The zero-order valence-electron chi connectivity index (χ0n) is 34.1. The van der Waals surface area contributed by atoms with Gasteiger partial charge in [-0.2, -0.15) is 0 Å². The molecule has 0 spiro atoms. The quantitative estimate of drug-likeness (QED) is 0.0387. The summed E-state index contributed by atoms with van der Waals surface area (Å²) >= 11 is 5.71. The number of unbranched alkanes of at least 4 members (excludes halogenated alkanes) is 1. The molecular formula is C44H62ClNO9. The van der Waals surface area contributed by atoms with Crippen molar-refractivity contribution in [2.45, 2.75) is 117 Å². The SMILES string of the molecule is CC(N)OCC(C)(COC(=O)C(C)(C)C(C)(C)OCCCOC(=O)C(C)(C)OCCCCc1ccc2c3c1C=CC1=CC=CC(=CC2)C13)C(=O)OCCCCl. The van der Waals surface area contributed by atoms with Gasteiger partial charge in [-0.3, -0.25) is 9.59 Å². The largest absolute Gasteiger partial charge is 0.465 e. The third-order valence-electron chi connectivity index (χ3n) is 11.0. The van der Waals surface area contributed by atoms with Gasteiger partial charge in [0, 0.05) is 24.8 Å². The molecule has 3 unspecified atom stereocenters. The highest BCUT2D eigenvalue weighted by Crippen LogP contribution is 2.47. The summed E-state index contributed by atoms with van der Waals surface area (Å²) in [7, 11) is 0. The van der Waals surface area contributed by atoms with Gasteiger partial charge in [0.2, 0.25) is 0 Å². The summed E-state index contributed by atoms with van der Waals surface area (Å²) in [6.07, 6.45) is 17.5. The lowest BCUT2D eigenvalue weighted by Crippen LogP contribution is -2.50. The molecule has 0 saturated heterocycles. The average Bonchev–Trinajstić information content (AvgIpc) is 3.15. The molecule has 0 heterocycles. The second-order valence-electron chi connectivity index (χ2n) is 16.5. The van der Waals surface area contributed by atoms with Crippen LogP contribution in [0.1, 0.15) is 109 Å². The van der Waals surface area contributed by atoms with Crippen LogP contribution in [0.25, 0.3) is 6.08 Å². The number of halogens is 1. The molecule has 0 fully saturated rings. The molecular weight excluding hydrogens is 722 g/mol. The molecule has 4 rings (SSSR count). The van der Waals surface area contributed by atoms with Crippen LogP contribution in [0.5, 0.6) is 0 Å². The van der Waals surface area contributed by atoms with E-state index in [1.807, 2.05) is 0 Å². The Morgan fingerprint density at radius 3 is 2.24 bits per heavy atom. The van der Waals surface area contributed by atoms with Gasteiger partial charge >= 0.3 is 17.9 Å². The normalized spacial score (nSPS) is 17.7. The minimum Gasteiger partial charge on any atom is -0.465 e. The number of esters is 3. The summed E-state index contributed by atoms with van der Waals surface area (Å²) in [4.78, 5) is 39.2. The third-order valence-corrected chi connectivity index (χ3v) is 11.3. The number of allylic oxidation sites excluding steroid dienone is 7. The van der Waals surface area contributed by atoms with Gasteiger partial charge in [0.05, 0.1) is 37.4 Å². The molecule has 1 aromatic carbocycles. The fraction of sp³-hybridized carbons (Fsp3) is 0.614. The average molecular weight is 784 g/mol. The Morgan fingerprint density at radius 1 is 0.800 bits per heavy atom. The van der Waals surface area contributed by atoms with Crippen molar-refractivity contribution >= 4 is 35.6 Å². The Labute approximate surface area is 332 Å². The summed E-state index contributed by atoms with van der Waals surface area (Å²) in [5, 5.41) is 0. The van der Waals surface area contributed by atoms with Crippen LogP contribution in [-0.2, 0) is 55.6 Å². The smallest absolute Gasteiger partial charge is 0.337 e. The number of hydrogen-bond donors (Lipinski definition) is 1. The predicted molar refractivity (Wildman–Crippen MR) is 215 cm³/mol. The molecule has 0 radical (unpaired) electrons. The van der Waals surface area contributed by atoms with Gasteiger partial charge in [-0.05, 0) is 121 Å². The molecule has 3 atom stereocenters. The number of aryl methyl sites for hydroxylation is 1.